The van der Waals surface area contributed by atoms with Crippen molar-refractivity contribution in [1.82, 2.24) is 9.55 Å². The number of para-hydroxylation sites is 1. The van der Waals surface area contributed by atoms with Gasteiger partial charge in [-0.3, -0.25) is 9.36 Å². The van der Waals surface area contributed by atoms with E-state index in [0.29, 0.717) is 28.5 Å². The van der Waals surface area contributed by atoms with E-state index < -0.39 is 17.7 Å². The van der Waals surface area contributed by atoms with Gasteiger partial charge in [0, 0.05) is 42.1 Å². The summed E-state index contributed by atoms with van der Waals surface area (Å²) in [6, 6.07) is 11.5. The van der Waals surface area contributed by atoms with E-state index >= 15 is 0 Å². The van der Waals surface area contributed by atoms with Crippen LogP contribution in [0.1, 0.15) is 24.3 Å². The van der Waals surface area contributed by atoms with Gasteiger partial charge in [0.2, 0.25) is 0 Å². The van der Waals surface area contributed by atoms with Gasteiger partial charge >= 0.3 is 6.03 Å². The lowest BCUT2D eigenvalue weighted by molar-refractivity contribution is 0.262. The third-order valence-electron chi connectivity index (χ3n) is 5.76. The van der Waals surface area contributed by atoms with Crippen LogP contribution in [0.3, 0.4) is 0 Å². The molecular formula is C25H21F2N5O2. The maximum atomic E-state index is 14.9. The van der Waals surface area contributed by atoms with Crippen LogP contribution < -0.4 is 21.5 Å². The van der Waals surface area contributed by atoms with Crippen LogP contribution in [0.2, 0.25) is 0 Å². The number of nitrogens with zero attached hydrogens (tertiary/aromatic N) is 2. The lowest BCUT2D eigenvalue weighted by atomic mass is 10.0. The normalized spacial score (nSPS) is 13.0. The van der Waals surface area contributed by atoms with Crippen LogP contribution in [-0.4, -0.2) is 22.6 Å². The van der Waals surface area contributed by atoms with E-state index in [1.165, 1.54) is 6.20 Å². The van der Waals surface area contributed by atoms with E-state index in [4.69, 9.17) is 0 Å². The number of carbonyl (C=O) groups is 1. The first-order chi connectivity index (χ1) is 16.4. The highest BCUT2D eigenvalue weighted by atomic mass is 19.1. The number of nitrogens with one attached hydrogen (secondary N) is 3. The molecule has 0 aliphatic heterocycles. The minimum atomic E-state index is -0.957. The molecule has 0 saturated heterocycles. The summed E-state index contributed by atoms with van der Waals surface area (Å²) in [5.74, 6) is -1.18. The van der Waals surface area contributed by atoms with Crippen LogP contribution in [0.25, 0.3) is 16.5 Å². The summed E-state index contributed by atoms with van der Waals surface area (Å²) in [5, 5.41) is 9.34. The Morgan fingerprint density at radius 2 is 1.82 bits per heavy atom. The summed E-state index contributed by atoms with van der Waals surface area (Å²) in [4.78, 5) is 30.1. The van der Waals surface area contributed by atoms with Gasteiger partial charge in [-0.15, -0.1) is 0 Å². The van der Waals surface area contributed by atoms with Crippen LogP contribution in [0.5, 0.6) is 0 Å². The number of halogens is 2. The second-order valence-corrected chi connectivity index (χ2v) is 8.13. The van der Waals surface area contributed by atoms with Crippen molar-refractivity contribution in [2.24, 2.45) is 0 Å². The molecule has 172 valence electrons. The van der Waals surface area contributed by atoms with E-state index in [-0.39, 0.29) is 22.9 Å². The molecule has 1 fully saturated rings. The van der Waals surface area contributed by atoms with Crippen molar-refractivity contribution in [2.45, 2.75) is 18.8 Å². The topological polar surface area (TPSA) is 88.0 Å². The summed E-state index contributed by atoms with van der Waals surface area (Å²) in [6.07, 6.45) is 4.82. The molecule has 0 spiro atoms. The number of anilines is 3. The smallest absolute Gasteiger partial charge is 0.323 e. The van der Waals surface area contributed by atoms with Crippen LogP contribution in [0.4, 0.5) is 30.8 Å². The molecule has 5 rings (SSSR count). The van der Waals surface area contributed by atoms with Gasteiger partial charge in [-0.2, -0.15) is 0 Å². The fraction of sp³-hybridized carbons (Fsp3) is 0.160. The molecule has 9 heteroatoms. The van der Waals surface area contributed by atoms with Crippen molar-refractivity contribution in [3.05, 3.63) is 88.5 Å². The number of aromatic nitrogens is 2. The quantitative estimate of drug-likeness (QED) is 0.380. The molecule has 2 heterocycles. The number of amides is 2. The molecule has 4 aromatic rings. The molecule has 1 saturated carbocycles. The van der Waals surface area contributed by atoms with E-state index in [1.807, 2.05) is 0 Å². The van der Waals surface area contributed by atoms with Gasteiger partial charge in [0.25, 0.3) is 5.56 Å². The Bertz CT molecular complexity index is 1470. The molecule has 0 unspecified atom stereocenters. The minimum absolute atomic E-state index is 0.0762. The molecule has 1 aliphatic rings. The number of hydrogen-bond acceptors (Lipinski definition) is 4. The molecule has 2 amide bonds. The summed E-state index contributed by atoms with van der Waals surface area (Å²) < 4.78 is 30.6. The number of urea groups is 1. The first kappa shape index (κ1) is 21.6. The van der Waals surface area contributed by atoms with Crippen LogP contribution in [0.15, 0.2) is 65.7 Å². The predicted octanol–water partition coefficient (Wildman–Crippen LogP) is 5.23. The fourth-order valence-electron chi connectivity index (χ4n) is 3.95. The van der Waals surface area contributed by atoms with E-state index in [2.05, 4.69) is 20.9 Å². The fourth-order valence-corrected chi connectivity index (χ4v) is 3.95. The molecule has 0 radical (unpaired) electrons. The number of rotatable bonds is 5. The highest BCUT2D eigenvalue weighted by Crippen LogP contribution is 2.41. The molecular weight excluding hydrogens is 440 g/mol. The summed E-state index contributed by atoms with van der Waals surface area (Å²) in [5.41, 5.74) is 0.289. The standard InChI is InChI=1S/C25H21F2N5O2/c1-28-22-9-17-15(12-29-22)13-32(24(33)23(17)14-7-8-14)21-11-20(18(26)10-19(21)27)31-25(34)30-16-5-3-2-4-6-16/h2-6,9-14,28H,7-8H2,1H3,(H2,30,31,34). The van der Waals surface area contributed by atoms with Crippen LogP contribution in [0, 0.1) is 11.6 Å². The molecule has 3 N–H and O–H groups in total. The first-order valence-electron chi connectivity index (χ1n) is 10.8. The van der Waals surface area contributed by atoms with E-state index in [9.17, 15) is 18.4 Å². The summed E-state index contributed by atoms with van der Waals surface area (Å²) in [6.45, 7) is 0. The SMILES string of the molecule is CNc1cc2c(C3CC3)c(=O)n(-c3cc(NC(=O)Nc4ccccc4)c(F)cc3F)cc2cn1. The lowest BCUT2D eigenvalue weighted by Crippen LogP contribution is -2.24. The molecule has 2 aromatic heterocycles. The Kier molecular flexibility index (Phi) is 5.45. The van der Waals surface area contributed by atoms with Gasteiger partial charge < -0.3 is 16.0 Å². The second kappa shape index (κ2) is 8.58. The Labute approximate surface area is 193 Å². The van der Waals surface area contributed by atoms with Crippen LogP contribution >= 0.6 is 0 Å². The Morgan fingerprint density at radius 1 is 1.06 bits per heavy atom. The van der Waals surface area contributed by atoms with Crippen molar-refractivity contribution in [3.63, 3.8) is 0 Å². The third kappa shape index (κ3) is 4.07. The van der Waals surface area contributed by atoms with Gasteiger partial charge in [-0.1, -0.05) is 18.2 Å². The van der Waals surface area contributed by atoms with Crippen molar-refractivity contribution in [3.8, 4) is 5.69 Å². The average molecular weight is 461 g/mol. The molecule has 7 nitrogen and oxygen atoms in total. The van der Waals surface area contributed by atoms with Gasteiger partial charge in [0.15, 0.2) is 0 Å². The van der Waals surface area contributed by atoms with E-state index in [0.717, 1.165) is 28.9 Å². The molecule has 1 aliphatic carbocycles. The zero-order valence-corrected chi connectivity index (χ0v) is 18.2. The Balaban J connectivity index is 1.57. The van der Waals surface area contributed by atoms with Crippen molar-refractivity contribution in [2.75, 3.05) is 23.0 Å². The molecule has 0 bridgehead atoms. The number of fused-ring (bicyclic) bond motifs is 1. The van der Waals surface area contributed by atoms with Gasteiger partial charge in [0.1, 0.15) is 17.5 Å². The first-order valence-corrected chi connectivity index (χ1v) is 10.8. The van der Waals surface area contributed by atoms with Crippen molar-refractivity contribution in [1.29, 1.82) is 0 Å². The largest absolute Gasteiger partial charge is 0.373 e. The van der Waals surface area contributed by atoms with E-state index in [1.54, 1.807) is 49.6 Å². The van der Waals surface area contributed by atoms with Gasteiger partial charge in [-0.25, -0.2) is 18.6 Å². The summed E-state index contributed by atoms with van der Waals surface area (Å²) >= 11 is 0. The maximum absolute atomic E-state index is 14.9. The highest BCUT2D eigenvalue weighted by Gasteiger charge is 2.30. The number of carbonyl (C=O) groups excluding carboxylic acids is 1. The van der Waals surface area contributed by atoms with Gasteiger partial charge in [-0.05, 0) is 48.4 Å². The minimum Gasteiger partial charge on any atom is -0.373 e. The average Bonchev–Trinajstić information content (AvgIpc) is 3.66. The Morgan fingerprint density at radius 3 is 2.53 bits per heavy atom. The van der Waals surface area contributed by atoms with Crippen molar-refractivity contribution >= 4 is 34.0 Å². The number of pyridine rings is 2. The molecule has 34 heavy (non-hydrogen) atoms. The summed E-state index contributed by atoms with van der Waals surface area (Å²) in [7, 11) is 1.74. The predicted molar refractivity (Wildman–Crippen MR) is 128 cm³/mol. The number of benzene rings is 2. The lowest BCUT2D eigenvalue weighted by Gasteiger charge is -2.15. The maximum Gasteiger partial charge on any atom is 0.323 e. The molecule has 0 atom stereocenters. The Hall–Kier alpha value is -4.27. The third-order valence-corrected chi connectivity index (χ3v) is 5.76. The highest BCUT2D eigenvalue weighted by molar-refractivity contribution is 6.00. The second-order valence-electron chi connectivity index (χ2n) is 8.13. The monoisotopic (exact) mass is 461 g/mol. The molecule has 2 aromatic carbocycles. The van der Waals surface area contributed by atoms with Gasteiger partial charge in [0.05, 0.1) is 11.4 Å². The zero-order valence-electron chi connectivity index (χ0n) is 18.2. The van der Waals surface area contributed by atoms with Crippen LogP contribution in [-0.2, 0) is 0 Å². The zero-order chi connectivity index (χ0) is 23.8. The van der Waals surface area contributed by atoms with Crippen molar-refractivity contribution < 1.29 is 13.6 Å². The number of hydrogen-bond donors (Lipinski definition) is 3.